The third-order valence-corrected chi connectivity index (χ3v) is 8.08. The van der Waals surface area contributed by atoms with Gasteiger partial charge in [-0.15, -0.1) is 0 Å². The van der Waals surface area contributed by atoms with Gasteiger partial charge in [0.25, 0.3) is 5.91 Å². The topological polar surface area (TPSA) is 171 Å². The molecular weight excluding hydrogens is 504 g/mol. The number of aromatic hydroxyl groups is 1. The van der Waals surface area contributed by atoms with Gasteiger partial charge in [-0.2, -0.15) is 0 Å². The fraction of sp³-hybridized carbons (Fsp3) is 0.345. The van der Waals surface area contributed by atoms with Crippen LogP contribution in [0.25, 0.3) is 11.1 Å². The van der Waals surface area contributed by atoms with Gasteiger partial charge in [-0.1, -0.05) is 18.2 Å². The molecule has 0 radical (unpaired) electrons. The van der Waals surface area contributed by atoms with E-state index in [1.54, 1.807) is 32.3 Å². The summed E-state index contributed by atoms with van der Waals surface area (Å²) in [6, 6.07) is 9.38. The zero-order valence-electron chi connectivity index (χ0n) is 21.8. The molecule has 2 aromatic carbocycles. The SMILES string of the molecule is CCOc1ccc(-c2ccc(O)c3c2C[C@@H]2C[C@@H]4[C@H](N(C)C)C(O)=C(C(N)=O)C(=O)[C@@]4(O)C(O)=C2C3=O)cc1. The number of aliphatic hydroxyl groups excluding tert-OH is 2. The number of Topliss-reactive ketones (excluding diaryl/α,β-unsaturated/α-hetero) is 2. The molecule has 0 aromatic heterocycles. The van der Waals surface area contributed by atoms with Crippen LogP contribution in [0.5, 0.6) is 11.5 Å². The molecule has 3 aliphatic carbocycles. The van der Waals surface area contributed by atoms with Crippen molar-refractivity contribution in [3.8, 4) is 22.6 Å². The maximum Gasteiger partial charge on any atom is 0.255 e. The lowest BCUT2D eigenvalue weighted by atomic mass is 9.58. The lowest BCUT2D eigenvalue weighted by molar-refractivity contribution is -0.148. The van der Waals surface area contributed by atoms with Crippen LogP contribution in [0.1, 0.15) is 29.3 Å². The van der Waals surface area contributed by atoms with Gasteiger partial charge in [0.2, 0.25) is 5.78 Å². The number of primary amides is 1. The van der Waals surface area contributed by atoms with Gasteiger partial charge in [0.05, 0.1) is 18.2 Å². The molecule has 0 aliphatic heterocycles. The first-order valence-electron chi connectivity index (χ1n) is 12.7. The van der Waals surface area contributed by atoms with E-state index in [0.29, 0.717) is 23.5 Å². The molecule has 204 valence electrons. The van der Waals surface area contributed by atoms with Gasteiger partial charge in [-0.05, 0) is 74.7 Å². The number of carbonyl (C=O) groups is 3. The van der Waals surface area contributed by atoms with Crippen LogP contribution >= 0.6 is 0 Å². The van der Waals surface area contributed by atoms with Crippen molar-refractivity contribution in [3.05, 3.63) is 70.2 Å². The number of rotatable bonds is 5. The summed E-state index contributed by atoms with van der Waals surface area (Å²) in [7, 11) is 3.19. The van der Waals surface area contributed by atoms with Crippen molar-refractivity contribution in [2.24, 2.45) is 17.6 Å². The van der Waals surface area contributed by atoms with Gasteiger partial charge >= 0.3 is 0 Å². The zero-order chi connectivity index (χ0) is 28.4. The Kier molecular flexibility index (Phi) is 6.27. The van der Waals surface area contributed by atoms with Crippen LogP contribution in [0.2, 0.25) is 0 Å². The van der Waals surface area contributed by atoms with Gasteiger partial charge in [0.1, 0.15) is 28.6 Å². The Hall–Kier alpha value is -4.15. The molecule has 0 spiro atoms. The number of ether oxygens (including phenoxy) is 1. The maximum atomic E-state index is 13.8. The summed E-state index contributed by atoms with van der Waals surface area (Å²) in [4.78, 5) is 40.8. The van der Waals surface area contributed by atoms with Crippen LogP contribution in [0.3, 0.4) is 0 Å². The zero-order valence-corrected chi connectivity index (χ0v) is 21.8. The van der Waals surface area contributed by atoms with E-state index >= 15 is 0 Å². The number of amides is 1. The number of ketones is 2. The van der Waals surface area contributed by atoms with E-state index in [1.165, 1.54) is 11.0 Å². The second kappa shape index (κ2) is 9.25. The molecule has 0 unspecified atom stereocenters. The summed E-state index contributed by atoms with van der Waals surface area (Å²) in [5.74, 6) is -6.04. The van der Waals surface area contributed by atoms with E-state index in [4.69, 9.17) is 10.5 Å². The molecule has 10 heteroatoms. The third-order valence-electron chi connectivity index (χ3n) is 8.08. The lowest BCUT2D eigenvalue weighted by Gasteiger charge is -2.50. The van der Waals surface area contributed by atoms with Crippen LogP contribution in [0.15, 0.2) is 59.1 Å². The summed E-state index contributed by atoms with van der Waals surface area (Å²) in [5, 5.41) is 44.7. The molecule has 5 rings (SSSR count). The number of hydrogen-bond acceptors (Lipinski definition) is 9. The predicted octanol–water partition coefficient (Wildman–Crippen LogP) is 2.19. The second-order valence-corrected chi connectivity index (χ2v) is 10.4. The minimum Gasteiger partial charge on any atom is -0.510 e. The Balaban J connectivity index is 1.68. The number of likely N-dealkylation sites (N-methyl/N-ethyl adjacent to an activating group) is 1. The number of nitrogens with zero attached hydrogens (tertiary/aromatic N) is 1. The maximum absolute atomic E-state index is 13.8. The lowest BCUT2D eigenvalue weighted by Crippen LogP contribution is -2.63. The normalized spacial score (nSPS) is 26.3. The smallest absolute Gasteiger partial charge is 0.255 e. The fourth-order valence-corrected chi connectivity index (χ4v) is 6.42. The average Bonchev–Trinajstić information content (AvgIpc) is 2.87. The molecule has 0 fully saturated rings. The Morgan fingerprint density at radius 2 is 1.77 bits per heavy atom. The number of phenolic OH excluding ortho intramolecular Hbond substituents is 1. The van der Waals surface area contributed by atoms with Crippen LogP contribution in [-0.4, -0.2) is 75.1 Å². The fourth-order valence-electron chi connectivity index (χ4n) is 6.42. The minimum atomic E-state index is -2.66. The Bertz CT molecular complexity index is 1470. The molecule has 0 saturated carbocycles. The largest absolute Gasteiger partial charge is 0.510 e. The average molecular weight is 535 g/mol. The van der Waals surface area contributed by atoms with E-state index in [1.807, 2.05) is 19.1 Å². The molecule has 1 amide bonds. The number of phenols is 1. The number of aliphatic hydroxyl groups is 3. The first-order valence-corrected chi connectivity index (χ1v) is 12.7. The molecule has 4 atom stereocenters. The monoisotopic (exact) mass is 534 g/mol. The van der Waals surface area contributed by atoms with Crippen molar-refractivity contribution in [1.29, 1.82) is 0 Å². The van der Waals surface area contributed by atoms with Crippen molar-refractivity contribution in [1.82, 2.24) is 4.90 Å². The summed E-state index contributed by atoms with van der Waals surface area (Å²) in [5.41, 5.74) is 3.73. The Morgan fingerprint density at radius 3 is 2.36 bits per heavy atom. The van der Waals surface area contributed by atoms with Crippen LogP contribution in [0, 0.1) is 11.8 Å². The van der Waals surface area contributed by atoms with Crippen molar-refractivity contribution >= 4 is 17.5 Å². The van der Waals surface area contributed by atoms with Crippen LogP contribution < -0.4 is 10.5 Å². The highest BCUT2D eigenvalue weighted by molar-refractivity contribution is 6.24. The van der Waals surface area contributed by atoms with Crippen molar-refractivity contribution in [2.75, 3.05) is 20.7 Å². The molecule has 10 nitrogen and oxygen atoms in total. The first kappa shape index (κ1) is 26.5. The standard InChI is InChI=1S/C29H30N2O8/c1-4-39-15-7-5-13(6-8-15)16-9-10-19(32)21-17(16)11-14-12-18-23(31(2)3)25(34)22(28(30)37)27(36)29(18,38)26(35)20(14)24(21)33/h5-10,14,18,23,32,34-35,38H,4,11-12H2,1-3H3,(H2,30,37)/t14-,18-,23+,29+/m1/s1. The summed E-state index contributed by atoms with van der Waals surface area (Å²) in [6.07, 6.45) is 0.246. The van der Waals surface area contributed by atoms with Gasteiger partial charge in [-0.25, -0.2) is 0 Å². The van der Waals surface area contributed by atoms with E-state index in [9.17, 15) is 34.8 Å². The number of carbonyl (C=O) groups excluding carboxylic acids is 3. The highest BCUT2D eigenvalue weighted by Crippen LogP contribution is 2.53. The number of allylic oxidation sites excluding steroid dienone is 1. The summed E-state index contributed by atoms with van der Waals surface area (Å²) >= 11 is 0. The van der Waals surface area contributed by atoms with E-state index in [-0.39, 0.29) is 29.7 Å². The van der Waals surface area contributed by atoms with Crippen LogP contribution in [-0.2, 0) is 16.0 Å². The number of hydrogen-bond donors (Lipinski definition) is 5. The molecule has 6 N–H and O–H groups in total. The van der Waals surface area contributed by atoms with Gasteiger partial charge in [-0.3, -0.25) is 19.3 Å². The molecule has 0 bridgehead atoms. The van der Waals surface area contributed by atoms with Gasteiger partial charge in [0, 0.05) is 11.5 Å². The summed E-state index contributed by atoms with van der Waals surface area (Å²) < 4.78 is 5.52. The van der Waals surface area contributed by atoms with Crippen molar-refractivity contribution in [3.63, 3.8) is 0 Å². The van der Waals surface area contributed by atoms with Crippen LogP contribution in [0.4, 0.5) is 0 Å². The molecule has 3 aliphatic rings. The quantitative estimate of drug-likeness (QED) is 0.361. The molecular formula is C29H30N2O8. The van der Waals surface area contributed by atoms with E-state index < -0.39 is 58.0 Å². The van der Waals surface area contributed by atoms with E-state index in [2.05, 4.69) is 0 Å². The highest BCUT2D eigenvalue weighted by Gasteiger charge is 2.63. The van der Waals surface area contributed by atoms with Crippen molar-refractivity contribution < 1.29 is 39.5 Å². The summed E-state index contributed by atoms with van der Waals surface area (Å²) in [6.45, 7) is 2.39. The first-order chi connectivity index (χ1) is 18.4. The molecule has 2 aromatic rings. The highest BCUT2D eigenvalue weighted by atomic mass is 16.5. The molecule has 0 saturated heterocycles. The molecule has 39 heavy (non-hydrogen) atoms. The van der Waals surface area contributed by atoms with Crippen molar-refractivity contribution in [2.45, 2.75) is 31.4 Å². The third kappa shape index (κ3) is 3.74. The Labute approximate surface area is 224 Å². The van der Waals surface area contributed by atoms with Gasteiger partial charge < -0.3 is 30.9 Å². The second-order valence-electron chi connectivity index (χ2n) is 10.4. The number of fused-ring (bicyclic) bond motifs is 3. The predicted molar refractivity (Wildman–Crippen MR) is 140 cm³/mol. The Morgan fingerprint density at radius 1 is 1.10 bits per heavy atom. The van der Waals surface area contributed by atoms with E-state index in [0.717, 1.165) is 5.56 Å². The number of benzene rings is 2. The molecule has 0 heterocycles. The number of nitrogens with two attached hydrogens (primary N) is 1. The minimum absolute atomic E-state index is 0.0258. The van der Waals surface area contributed by atoms with Gasteiger partial charge in [0.15, 0.2) is 11.4 Å².